The number of halogens is 1. The lowest BCUT2D eigenvalue weighted by Gasteiger charge is -2.28. The summed E-state index contributed by atoms with van der Waals surface area (Å²) in [5.41, 5.74) is 1.01. The van der Waals surface area contributed by atoms with Crippen molar-refractivity contribution in [3.05, 3.63) is 34.9 Å². The number of hydrogen-bond donors (Lipinski definition) is 2. The van der Waals surface area contributed by atoms with Gasteiger partial charge in [-0.15, -0.1) is 0 Å². The molecule has 2 rings (SSSR count). The third kappa shape index (κ3) is 4.43. The molecule has 0 amide bonds. The average Bonchev–Trinajstić information content (AvgIpc) is 2.81. The summed E-state index contributed by atoms with van der Waals surface area (Å²) in [5, 5.41) is 5.66. The molecule has 1 aromatic carbocycles. The zero-order valence-electron chi connectivity index (χ0n) is 10.5. The summed E-state index contributed by atoms with van der Waals surface area (Å²) < 4.78 is 24.5. The van der Waals surface area contributed by atoms with E-state index in [1.165, 1.54) is 0 Å². The van der Waals surface area contributed by atoms with E-state index in [9.17, 15) is 8.42 Å². The lowest BCUT2D eigenvalue weighted by molar-refractivity contribution is 0.246. The van der Waals surface area contributed by atoms with E-state index in [0.717, 1.165) is 31.5 Å². The molecule has 19 heavy (non-hydrogen) atoms. The number of nitrogens with two attached hydrogens (primary N) is 1. The first-order valence-electron chi connectivity index (χ1n) is 6.22. The Hall–Kier alpha value is -0.660. The summed E-state index contributed by atoms with van der Waals surface area (Å²) in [6.45, 7) is 2.19. The number of likely N-dealkylation sites (tertiary alicyclic amines) is 1. The Labute approximate surface area is 118 Å². The van der Waals surface area contributed by atoms with Gasteiger partial charge >= 0.3 is 0 Å². The fourth-order valence-corrected chi connectivity index (χ4v) is 3.01. The van der Waals surface area contributed by atoms with Crippen LogP contribution < -0.4 is 9.86 Å². The maximum Gasteiger partial charge on any atom is 0.274 e. The topological polar surface area (TPSA) is 75.4 Å². The summed E-state index contributed by atoms with van der Waals surface area (Å²) in [4.78, 5) is 2.25. The van der Waals surface area contributed by atoms with Gasteiger partial charge in [0.25, 0.3) is 10.2 Å². The fraction of sp³-hybridized carbons (Fsp3) is 0.500. The van der Waals surface area contributed by atoms with E-state index >= 15 is 0 Å². The van der Waals surface area contributed by atoms with Gasteiger partial charge < -0.3 is 0 Å². The second-order valence-corrected chi connectivity index (χ2v) is 6.52. The Morgan fingerprint density at radius 3 is 2.63 bits per heavy atom. The first kappa shape index (κ1) is 14.7. The van der Waals surface area contributed by atoms with Crippen molar-refractivity contribution in [1.82, 2.24) is 9.62 Å². The third-order valence-electron chi connectivity index (χ3n) is 3.29. The van der Waals surface area contributed by atoms with Crippen LogP contribution in [0.4, 0.5) is 0 Å². The molecule has 1 unspecified atom stereocenters. The van der Waals surface area contributed by atoms with Crippen molar-refractivity contribution >= 4 is 21.8 Å². The van der Waals surface area contributed by atoms with Crippen LogP contribution in [0.25, 0.3) is 0 Å². The van der Waals surface area contributed by atoms with Gasteiger partial charge in [0.15, 0.2) is 0 Å². The minimum absolute atomic E-state index is 0.0282. The van der Waals surface area contributed by atoms with Crippen molar-refractivity contribution in [2.45, 2.75) is 18.9 Å². The molecular formula is C12H18ClN3O2S. The van der Waals surface area contributed by atoms with Gasteiger partial charge in [0, 0.05) is 17.6 Å². The number of nitrogens with one attached hydrogen (secondary N) is 1. The van der Waals surface area contributed by atoms with Crippen LogP contribution in [0.5, 0.6) is 0 Å². The van der Waals surface area contributed by atoms with Crippen molar-refractivity contribution in [3.63, 3.8) is 0 Å². The second kappa shape index (κ2) is 6.19. The maximum absolute atomic E-state index is 11.1. The van der Waals surface area contributed by atoms with Crippen molar-refractivity contribution in [2.24, 2.45) is 5.14 Å². The average molecular weight is 304 g/mol. The van der Waals surface area contributed by atoms with Crippen LogP contribution in [-0.4, -0.2) is 33.0 Å². The van der Waals surface area contributed by atoms with Crippen LogP contribution in [0.15, 0.2) is 24.3 Å². The Bertz CT molecular complexity index is 530. The Balaban J connectivity index is 2.18. The van der Waals surface area contributed by atoms with E-state index in [2.05, 4.69) is 9.62 Å². The van der Waals surface area contributed by atoms with Crippen LogP contribution >= 0.6 is 11.6 Å². The van der Waals surface area contributed by atoms with Crippen LogP contribution in [-0.2, 0) is 10.2 Å². The zero-order chi connectivity index (χ0) is 13.9. The summed E-state index contributed by atoms with van der Waals surface area (Å²) in [6, 6.07) is 7.48. The van der Waals surface area contributed by atoms with E-state index in [4.69, 9.17) is 16.7 Å². The van der Waals surface area contributed by atoms with Gasteiger partial charge in [-0.1, -0.05) is 23.7 Å². The van der Waals surface area contributed by atoms with Crippen LogP contribution in [0.1, 0.15) is 24.4 Å². The summed E-state index contributed by atoms with van der Waals surface area (Å²) >= 11 is 6.00. The van der Waals surface area contributed by atoms with Gasteiger partial charge in [0.05, 0.1) is 0 Å². The molecule has 1 saturated heterocycles. The van der Waals surface area contributed by atoms with Gasteiger partial charge in [0.2, 0.25) is 0 Å². The van der Waals surface area contributed by atoms with Gasteiger partial charge in [-0.2, -0.15) is 8.42 Å². The Morgan fingerprint density at radius 2 is 2.05 bits per heavy atom. The largest absolute Gasteiger partial charge is 0.295 e. The molecule has 5 nitrogen and oxygen atoms in total. The molecule has 106 valence electrons. The first-order chi connectivity index (χ1) is 8.96. The first-order valence-corrected chi connectivity index (χ1v) is 8.15. The van der Waals surface area contributed by atoms with E-state index in [1.807, 2.05) is 18.2 Å². The molecule has 0 aromatic heterocycles. The van der Waals surface area contributed by atoms with Crippen LogP contribution in [0.2, 0.25) is 5.02 Å². The number of nitrogens with zero attached hydrogens (tertiary/aromatic N) is 1. The number of benzene rings is 1. The molecule has 0 aliphatic carbocycles. The van der Waals surface area contributed by atoms with Gasteiger partial charge in [-0.05, 0) is 43.6 Å². The molecule has 0 radical (unpaired) electrons. The third-order valence-corrected chi connectivity index (χ3v) is 4.10. The van der Waals surface area contributed by atoms with Crippen molar-refractivity contribution in [1.29, 1.82) is 0 Å². The summed E-state index contributed by atoms with van der Waals surface area (Å²) in [5.74, 6) is 0. The molecule has 7 heteroatoms. The smallest absolute Gasteiger partial charge is 0.274 e. The Morgan fingerprint density at radius 1 is 1.37 bits per heavy atom. The molecule has 0 bridgehead atoms. The van der Waals surface area contributed by atoms with Crippen molar-refractivity contribution in [2.75, 3.05) is 19.6 Å². The normalized spacial score (nSPS) is 18.6. The van der Waals surface area contributed by atoms with Crippen molar-refractivity contribution in [3.8, 4) is 0 Å². The van der Waals surface area contributed by atoms with Gasteiger partial charge in [0.1, 0.15) is 0 Å². The molecule has 1 heterocycles. The molecule has 1 fully saturated rings. The zero-order valence-corrected chi connectivity index (χ0v) is 12.1. The standard InChI is InChI=1S/C12H18ClN3O2S/c13-11-5-3-4-10(8-11)12(9-15-19(14,17)18)16-6-1-2-7-16/h3-5,8,12,15H,1-2,6-7,9H2,(H2,14,17,18). The summed E-state index contributed by atoms with van der Waals surface area (Å²) in [7, 11) is -3.68. The van der Waals surface area contributed by atoms with E-state index in [0.29, 0.717) is 5.02 Å². The molecule has 3 N–H and O–H groups in total. The lowest BCUT2D eigenvalue weighted by Crippen LogP contribution is -2.39. The minimum atomic E-state index is -3.68. The van der Waals surface area contributed by atoms with E-state index < -0.39 is 10.2 Å². The SMILES string of the molecule is NS(=O)(=O)NCC(c1cccc(Cl)c1)N1CCCC1. The van der Waals surface area contributed by atoms with Crippen LogP contribution in [0, 0.1) is 0 Å². The minimum Gasteiger partial charge on any atom is -0.295 e. The molecule has 1 aromatic rings. The van der Waals surface area contributed by atoms with Crippen LogP contribution in [0.3, 0.4) is 0 Å². The lowest BCUT2D eigenvalue weighted by atomic mass is 10.1. The fourth-order valence-electron chi connectivity index (χ4n) is 2.42. The number of rotatable bonds is 5. The van der Waals surface area contributed by atoms with Crippen molar-refractivity contribution < 1.29 is 8.42 Å². The monoisotopic (exact) mass is 303 g/mol. The highest BCUT2D eigenvalue weighted by molar-refractivity contribution is 7.87. The van der Waals surface area contributed by atoms with E-state index in [-0.39, 0.29) is 12.6 Å². The molecular weight excluding hydrogens is 286 g/mol. The molecule has 1 aliphatic rings. The highest BCUT2D eigenvalue weighted by atomic mass is 35.5. The predicted octanol–water partition coefficient (Wildman–Crippen LogP) is 1.27. The van der Waals surface area contributed by atoms with Gasteiger partial charge in [-0.3, -0.25) is 4.90 Å². The van der Waals surface area contributed by atoms with Gasteiger partial charge in [-0.25, -0.2) is 9.86 Å². The quantitative estimate of drug-likeness (QED) is 0.860. The summed E-state index contributed by atoms with van der Waals surface area (Å²) in [6.07, 6.45) is 2.26. The highest BCUT2D eigenvalue weighted by Crippen LogP contribution is 2.26. The second-order valence-electron chi connectivity index (χ2n) is 4.71. The molecule has 1 atom stereocenters. The Kier molecular flexibility index (Phi) is 4.81. The van der Waals surface area contributed by atoms with E-state index in [1.54, 1.807) is 6.07 Å². The molecule has 0 saturated carbocycles. The highest BCUT2D eigenvalue weighted by Gasteiger charge is 2.24. The number of hydrogen-bond acceptors (Lipinski definition) is 3. The molecule has 1 aliphatic heterocycles. The predicted molar refractivity (Wildman–Crippen MR) is 76.1 cm³/mol. The maximum atomic E-state index is 11.1. The molecule has 0 spiro atoms.